The molecule has 2 aliphatic rings. The fraction of sp³-hybridized carbons (Fsp3) is 0.385. The van der Waals surface area contributed by atoms with E-state index in [0.717, 1.165) is 33.1 Å². The van der Waals surface area contributed by atoms with Crippen molar-refractivity contribution >= 4 is 80.9 Å². The largest absolute Gasteiger partial charge is 0.481 e. The van der Waals surface area contributed by atoms with E-state index in [-0.39, 0.29) is 24.2 Å². The number of hydrogen-bond donors (Lipinski definition) is 3. The van der Waals surface area contributed by atoms with Crippen LogP contribution in [0.25, 0.3) is 10.2 Å². The number of halogens is 2. The molecule has 3 aromatic rings. The number of amides is 2. The lowest BCUT2D eigenvalue weighted by Crippen LogP contribution is -2.38. The molecule has 8 nitrogen and oxygen atoms in total. The Morgan fingerprint density at radius 2 is 1.63 bits per heavy atom. The van der Waals surface area contributed by atoms with Crippen LogP contribution in [0.4, 0.5) is 5.69 Å². The molecule has 3 N–H and O–H groups in total. The molecular weight excluding hydrogens is 567 g/mol. The van der Waals surface area contributed by atoms with Crippen LogP contribution in [0.2, 0.25) is 10.0 Å². The number of carboxylic acid groups (broad SMARTS) is 1. The number of nitrogen functional groups attached to an aromatic ring is 1. The lowest BCUT2D eigenvalue weighted by atomic mass is 9.97. The van der Waals surface area contributed by atoms with E-state index in [1.54, 1.807) is 46.4 Å². The number of nitrogens with two attached hydrogens (primary N) is 1. The number of aliphatic carboxylic acids is 1. The molecule has 0 bridgehead atoms. The van der Waals surface area contributed by atoms with E-state index in [9.17, 15) is 14.4 Å². The molecule has 3 heterocycles. The van der Waals surface area contributed by atoms with Crippen molar-refractivity contribution in [2.45, 2.75) is 36.5 Å². The Balaban J connectivity index is 0.000000172. The Labute approximate surface area is 241 Å². The minimum atomic E-state index is -0.855. The fourth-order valence-electron chi connectivity index (χ4n) is 3.93. The van der Waals surface area contributed by atoms with Crippen LogP contribution < -0.4 is 5.73 Å². The van der Waals surface area contributed by atoms with Crippen molar-refractivity contribution in [3.63, 3.8) is 0 Å². The van der Waals surface area contributed by atoms with Crippen molar-refractivity contribution in [2.75, 3.05) is 32.9 Å². The molecule has 0 aliphatic carbocycles. The third-order valence-electron chi connectivity index (χ3n) is 6.37. The molecule has 2 saturated heterocycles. The summed E-state index contributed by atoms with van der Waals surface area (Å²) in [5.74, 6) is -0.901. The highest BCUT2D eigenvalue weighted by molar-refractivity contribution is 7.80. The second kappa shape index (κ2) is 13.5. The first-order valence-corrected chi connectivity index (χ1v) is 14.0. The minimum absolute atomic E-state index is 0.0661. The summed E-state index contributed by atoms with van der Waals surface area (Å²) in [5, 5.41) is 11.0. The molecular formula is C26H30Cl2N4O4S2. The molecule has 0 radical (unpaired) electrons. The number of aromatic nitrogens is 1. The standard InChI is InChI=1S/C13H13ClN2OS.C7H11NO3.C6H6ClNS/c1-16-5-4-8(6-12(16)17)13-15-10-7-9(14)2-3-11(10)18-13;1-8-3-2-5(7(10)11)4-6(8)9;7-4-1-2-6(9)5(8)3-4/h2-3,7-8H,4-6H2,1H3;5H,2-4H2,1H3,(H,10,11);1-3,9H,8H2. The number of nitrogens with zero attached hydrogens (tertiary/aromatic N) is 3. The van der Waals surface area contributed by atoms with Gasteiger partial charge in [-0.2, -0.15) is 0 Å². The molecule has 0 saturated carbocycles. The number of rotatable bonds is 2. The Morgan fingerprint density at radius 1 is 1.03 bits per heavy atom. The van der Waals surface area contributed by atoms with E-state index in [4.69, 9.17) is 34.0 Å². The van der Waals surface area contributed by atoms with E-state index in [1.165, 1.54) is 0 Å². The summed E-state index contributed by atoms with van der Waals surface area (Å²) < 4.78 is 1.14. The van der Waals surface area contributed by atoms with E-state index in [1.807, 2.05) is 25.2 Å². The molecule has 2 atom stereocenters. The number of piperidine rings is 2. The van der Waals surface area contributed by atoms with Gasteiger partial charge in [-0.15, -0.1) is 24.0 Å². The van der Waals surface area contributed by atoms with Crippen molar-refractivity contribution in [3.8, 4) is 0 Å². The second-order valence-corrected chi connectivity index (χ2v) is 11.6. The first kappa shape index (κ1) is 30.0. The third-order valence-corrected chi connectivity index (χ3v) is 8.45. The van der Waals surface area contributed by atoms with Crippen LogP contribution >= 0.6 is 47.2 Å². The monoisotopic (exact) mass is 596 g/mol. The topological polar surface area (TPSA) is 117 Å². The van der Waals surface area contributed by atoms with Gasteiger partial charge in [-0.05, 0) is 49.2 Å². The normalized spacial score (nSPS) is 19.4. The van der Waals surface area contributed by atoms with Crippen LogP contribution in [0.5, 0.6) is 0 Å². The van der Waals surface area contributed by atoms with Crippen LogP contribution in [0.15, 0.2) is 41.3 Å². The molecule has 5 rings (SSSR count). The van der Waals surface area contributed by atoms with Crippen LogP contribution in [0.1, 0.15) is 36.6 Å². The Kier molecular flexibility index (Phi) is 10.7. The van der Waals surface area contributed by atoms with Crippen molar-refractivity contribution in [1.29, 1.82) is 0 Å². The van der Waals surface area contributed by atoms with E-state index in [0.29, 0.717) is 35.1 Å². The van der Waals surface area contributed by atoms with E-state index < -0.39 is 11.9 Å². The first-order valence-electron chi connectivity index (χ1n) is 11.9. The highest BCUT2D eigenvalue weighted by atomic mass is 35.5. The molecule has 204 valence electrons. The minimum Gasteiger partial charge on any atom is -0.481 e. The highest BCUT2D eigenvalue weighted by Gasteiger charge is 2.28. The second-order valence-electron chi connectivity index (χ2n) is 9.22. The SMILES string of the molecule is CN1CCC(C(=O)O)CC1=O.CN1CCC(c2nc3cc(Cl)ccc3s2)CC1=O.Nc1cc(Cl)ccc1S. The Hall–Kier alpha value is -2.53. The lowest BCUT2D eigenvalue weighted by molar-refractivity contribution is -0.148. The molecule has 2 aliphatic heterocycles. The van der Waals surface area contributed by atoms with Crippen LogP contribution in [-0.4, -0.2) is 64.9 Å². The number of thiazole rings is 1. The molecule has 12 heteroatoms. The molecule has 0 spiro atoms. The summed E-state index contributed by atoms with van der Waals surface area (Å²) in [4.78, 5) is 41.9. The Bertz CT molecular complexity index is 1320. The van der Waals surface area contributed by atoms with Gasteiger partial charge in [-0.3, -0.25) is 14.4 Å². The zero-order valence-corrected chi connectivity index (χ0v) is 24.3. The number of benzene rings is 2. The fourth-order valence-corrected chi connectivity index (χ4v) is 5.49. The molecule has 2 unspecified atom stereocenters. The predicted molar refractivity (Wildman–Crippen MR) is 155 cm³/mol. The summed E-state index contributed by atoms with van der Waals surface area (Å²) in [6.07, 6.45) is 2.31. The first-order chi connectivity index (χ1) is 17.9. The smallest absolute Gasteiger partial charge is 0.307 e. The highest BCUT2D eigenvalue weighted by Crippen LogP contribution is 2.34. The van der Waals surface area contributed by atoms with Gasteiger partial charge >= 0.3 is 5.97 Å². The number of carbonyl (C=O) groups excluding carboxylic acids is 2. The molecule has 1 aromatic heterocycles. The van der Waals surface area contributed by atoms with Gasteiger partial charge in [0.05, 0.1) is 21.1 Å². The number of carbonyl (C=O) groups is 3. The summed E-state index contributed by atoms with van der Waals surface area (Å²) in [6, 6.07) is 10.9. The zero-order chi connectivity index (χ0) is 28.0. The molecule has 2 fully saturated rings. The molecule has 38 heavy (non-hydrogen) atoms. The van der Waals surface area contributed by atoms with Gasteiger partial charge in [0, 0.05) is 66.6 Å². The summed E-state index contributed by atoms with van der Waals surface area (Å²) in [5.41, 5.74) is 7.02. The van der Waals surface area contributed by atoms with Crippen LogP contribution in [0.3, 0.4) is 0 Å². The number of fused-ring (bicyclic) bond motifs is 1. The number of thiol groups is 1. The maximum atomic E-state index is 11.7. The average molecular weight is 598 g/mol. The predicted octanol–water partition coefficient (Wildman–Crippen LogP) is 5.44. The van der Waals surface area contributed by atoms with Gasteiger partial charge in [0.1, 0.15) is 0 Å². The third kappa shape index (κ3) is 8.23. The summed E-state index contributed by atoms with van der Waals surface area (Å²) in [7, 11) is 3.55. The van der Waals surface area contributed by atoms with Gasteiger partial charge < -0.3 is 20.6 Å². The molecule has 2 amide bonds. The van der Waals surface area contributed by atoms with Crippen LogP contribution in [0, 0.1) is 5.92 Å². The number of anilines is 1. The maximum absolute atomic E-state index is 11.7. The zero-order valence-electron chi connectivity index (χ0n) is 21.1. The van der Waals surface area contributed by atoms with Gasteiger partial charge in [0.15, 0.2) is 0 Å². The van der Waals surface area contributed by atoms with Crippen molar-refractivity contribution < 1.29 is 19.5 Å². The van der Waals surface area contributed by atoms with Crippen molar-refractivity contribution in [3.05, 3.63) is 51.5 Å². The summed E-state index contributed by atoms with van der Waals surface area (Å²) >= 11 is 17.3. The number of carboxylic acids is 1. The van der Waals surface area contributed by atoms with Gasteiger partial charge in [-0.1, -0.05) is 23.2 Å². The molecule has 2 aromatic carbocycles. The quantitative estimate of drug-likeness (QED) is 0.268. The van der Waals surface area contributed by atoms with Crippen molar-refractivity contribution in [1.82, 2.24) is 14.8 Å². The number of likely N-dealkylation sites (tertiary alicyclic amines) is 2. The Morgan fingerprint density at radius 3 is 2.21 bits per heavy atom. The summed E-state index contributed by atoms with van der Waals surface area (Å²) in [6.45, 7) is 1.38. The van der Waals surface area contributed by atoms with E-state index in [2.05, 4.69) is 17.6 Å². The van der Waals surface area contributed by atoms with Gasteiger partial charge in [-0.25, -0.2) is 4.98 Å². The van der Waals surface area contributed by atoms with E-state index >= 15 is 0 Å². The van der Waals surface area contributed by atoms with Gasteiger partial charge in [0.25, 0.3) is 0 Å². The van der Waals surface area contributed by atoms with Crippen molar-refractivity contribution in [2.24, 2.45) is 5.92 Å². The van der Waals surface area contributed by atoms with Gasteiger partial charge in [0.2, 0.25) is 11.8 Å². The lowest BCUT2D eigenvalue weighted by Gasteiger charge is -2.27. The average Bonchev–Trinajstić information content (AvgIpc) is 3.29. The maximum Gasteiger partial charge on any atom is 0.307 e. The van der Waals surface area contributed by atoms with Crippen LogP contribution in [-0.2, 0) is 14.4 Å². The number of hydrogen-bond acceptors (Lipinski definition) is 7.